The fourth-order valence-electron chi connectivity index (χ4n) is 0.243. The van der Waals surface area contributed by atoms with Crippen LogP contribution >= 0.6 is 22.6 Å². The van der Waals surface area contributed by atoms with Crippen molar-refractivity contribution in [1.29, 1.82) is 0 Å². The van der Waals surface area contributed by atoms with Gasteiger partial charge in [-0.2, -0.15) is 0 Å². The first-order valence-corrected chi connectivity index (χ1v) is 3.20. The van der Waals surface area contributed by atoms with Crippen molar-refractivity contribution in [1.82, 2.24) is 0 Å². The standard InChI is InChI=1S/C5H7IO/c1-2-3-5(6)4-7/h3-4H,2H2,1H3/b5-3-. The van der Waals surface area contributed by atoms with Crippen molar-refractivity contribution in [3.63, 3.8) is 0 Å². The summed E-state index contributed by atoms with van der Waals surface area (Å²) >= 11 is 2.00. The predicted octanol–water partition coefficient (Wildman–Crippen LogP) is 1.91. The van der Waals surface area contributed by atoms with Crippen molar-refractivity contribution >= 4 is 28.9 Å². The summed E-state index contributed by atoms with van der Waals surface area (Å²) < 4.78 is 0.792. The van der Waals surface area contributed by atoms with Crippen LogP contribution in [0.15, 0.2) is 9.66 Å². The molecule has 40 valence electrons. The zero-order chi connectivity index (χ0) is 5.70. The van der Waals surface area contributed by atoms with Gasteiger partial charge in [0.25, 0.3) is 0 Å². The van der Waals surface area contributed by atoms with Gasteiger partial charge in [0.2, 0.25) is 0 Å². The number of halogens is 1. The van der Waals surface area contributed by atoms with Gasteiger partial charge in [-0.25, -0.2) is 0 Å². The molecule has 0 atom stereocenters. The number of hydrogen-bond acceptors (Lipinski definition) is 1. The molecule has 0 heterocycles. The van der Waals surface area contributed by atoms with Gasteiger partial charge in [0.1, 0.15) is 0 Å². The van der Waals surface area contributed by atoms with Crippen LogP contribution in [0.25, 0.3) is 0 Å². The van der Waals surface area contributed by atoms with Crippen LogP contribution < -0.4 is 0 Å². The summed E-state index contributed by atoms with van der Waals surface area (Å²) in [4.78, 5) is 9.82. The Bertz CT molecular complexity index is 86.1. The smallest absolute Gasteiger partial charge is 0.155 e. The summed E-state index contributed by atoms with van der Waals surface area (Å²) in [5.41, 5.74) is 0. The van der Waals surface area contributed by atoms with Crippen LogP contribution in [0.4, 0.5) is 0 Å². The number of hydrogen-bond donors (Lipinski definition) is 0. The van der Waals surface area contributed by atoms with Crippen LogP contribution in [0.2, 0.25) is 0 Å². The van der Waals surface area contributed by atoms with Gasteiger partial charge in [-0.05, 0) is 29.0 Å². The van der Waals surface area contributed by atoms with E-state index in [2.05, 4.69) is 0 Å². The van der Waals surface area contributed by atoms with Gasteiger partial charge >= 0.3 is 0 Å². The molecule has 0 unspecified atom stereocenters. The third-order valence-corrected chi connectivity index (χ3v) is 1.21. The largest absolute Gasteiger partial charge is 0.297 e. The van der Waals surface area contributed by atoms with Crippen LogP contribution in [0.5, 0.6) is 0 Å². The maximum absolute atomic E-state index is 9.82. The predicted molar refractivity (Wildman–Crippen MR) is 38.5 cm³/mol. The molecule has 7 heavy (non-hydrogen) atoms. The highest BCUT2D eigenvalue weighted by molar-refractivity contribution is 14.1. The van der Waals surface area contributed by atoms with Crippen molar-refractivity contribution in [3.8, 4) is 0 Å². The molecule has 0 saturated carbocycles. The van der Waals surface area contributed by atoms with Gasteiger partial charge in [0, 0.05) is 3.58 Å². The van der Waals surface area contributed by atoms with Gasteiger partial charge < -0.3 is 0 Å². The Morgan fingerprint density at radius 3 is 2.57 bits per heavy atom. The van der Waals surface area contributed by atoms with Crippen LogP contribution in [-0.2, 0) is 4.79 Å². The van der Waals surface area contributed by atoms with Crippen LogP contribution in [0, 0.1) is 0 Å². The molecule has 0 rings (SSSR count). The summed E-state index contributed by atoms with van der Waals surface area (Å²) in [7, 11) is 0. The third kappa shape index (κ3) is 3.98. The van der Waals surface area contributed by atoms with Crippen LogP contribution in [-0.4, -0.2) is 6.29 Å². The highest BCUT2D eigenvalue weighted by atomic mass is 127. The van der Waals surface area contributed by atoms with Gasteiger partial charge in [-0.1, -0.05) is 13.0 Å². The lowest BCUT2D eigenvalue weighted by molar-refractivity contribution is -0.104. The van der Waals surface area contributed by atoms with E-state index in [4.69, 9.17) is 0 Å². The van der Waals surface area contributed by atoms with Crippen molar-refractivity contribution < 1.29 is 4.79 Å². The van der Waals surface area contributed by atoms with E-state index >= 15 is 0 Å². The van der Waals surface area contributed by atoms with E-state index in [0.29, 0.717) is 0 Å². The second-order valence-electron chi connectivity index (χ2n) is 1.12. The molecule has 0 aliphatic heterocycles. The monoisotopic (exact) mass is 210 g/mol. The quantitative estimate of drug-likeness (QED) is 0.386. The minimum atomic E-state index is 0.792. The first kappa shape index (κ1) is 7.14. The molecule has 0 fully saturated rings. The highest BCUT2D eigenvalue weighted by Crippen LogP contribution is 2.00. The normalized spacial score (nSPS) is 11.4. The summed E-state index contributed by atoms with van der Waals surface area (Å²) in [5, 5.41) is 0. The molecule has 0 aromatic rings. The molecule has 0 amide bonds. The lowest BCUT2D eigenvalue weighted by atomic mass is 10.4. The first-order valence-electron chi connectivity index (χ1n) is 2.12. The molecule has 0 N–H and O–H groups in total. The molecule has 0 bridgehead atoms. The maximum atomic E-state index is 9.82. The SMILES string of the molecule is CC/C=C(\I)C=O. The molecule has 0 aliphatic rings. The van der Waals surface area contributed by atoms with E-state index in [9.17, 15) is 4.79 Å². The summed E-state index contributed by atoms with van der Waals surface area (Å²) in [6, 6.07) is 0. The Hall–Kier alpha value is 0.140. The second-order valence-corrected chi connectivity index (χ2v) is 2.36. The van der Waals surface area contributed by atoms with Gasteiger partial charge in [-0.15, -0.1) is 0 Å². The van der Waals surface area contributed by atoms with E-state index in [0.717, 1.165) is 16.3 Å². The average Bonchev–Trinajstić information content (AvgIpc) is 1.68. The lowest BCUT2D eigenvalue weighted by Crippen LogP contribution is -1.67. The maximum Gasteiger partial charge on any atom is 0.155 e. The summed E-state index contributed by atoms with van der Waals surface area (Å²) in [6.45, 7) is 2.00. The number of carbonyl (C=O) groups excluding carboxylic acids is 1. The summed E-state index contributed by atoms with van der Waals surface area (Å²) in [5.74, 6) is 0. The van der Waals surface area contributed by atoms with Gasteiger partial charge in [-0.3, -0.25) is 4.79 Å². The minimum Gasteiger partial charge on any atom is -0.297 e. The van der Waals surface area contributed by atoms with E-state index in [-0.39, 0.29) is 0 Å². The number of carbonyl (C=O) groups is 1. The van der Waals surface area contributed by atoms with E-state index < -0.39 is 0 Å². The number of rotatable bonds is 2. The molecular formula is C5H7IO. The number of allylic oxidation sites excluding steroid dienone is 2. The average molecular weight is 210 g/mol. The molecular weight excluding hydrogens is 203 g/mol. The van der Waals surface area contributed by atoms with E-state index in [1.165, 1.54) is 0 Å². The zero-order valence-electron chi connectivity index (χ0n) is 4.15. The number of aldehydes is 1. The van der Waals surface area contributed by atoms with Crippen LogP contribution in [0.1, 0.15) is 13.3 Å². The van der Waals surface area contributed by atoms with Crippen molar-refractivity contribution in [2.45, 2.75) is 13.3 Å². The molecule has 0 aromatic heterocycles. The highest BCUT2D eigenvalue weighted by Gasteiger charge is 1.79. The minimum absolute atomic E-state index is 0.792. The molecule has 0 radical (unpaired) electrons. The fraction of sp³-hybridized carbons (Fsp3) is 0.400. The van der Waals surface area contributed by atoms with Crippen molar-refractivity contribution in [2.24, 2.45) is 0 Å². The van der Waals surface area contributed by atoms with Gasteiger partial charge in [0.05, 0.1) is 0 Å². The summed E-state index contributed by atoms with van der Waals surface area (Å²) in [6.07, 6.45) is 3.68. The van der Waals surface area contributed by atoms with Crippen molar-refractivity contribution in [2.75, 3.05) is 0 Å². The molecule has 1 nitrogen and oxygen atoms in total. The molecule has 0 spiro atoms. The molecule has 0 aromatic carbocycles. The molecule has 2 heteroatoms. The first-order chi connectivity index (χ1) is 3.31. The van der Waals surface area contributed by atoms with Crippen LogP contribution in [0.3, 0.4) is 0 Å². The second kappa shape index (κ2) is 4.30. The molecule has 0 aliphatic carbocycles. The van der Waals surface area contributed by atoms with Gasteiger partial charge in [0.15, 0.2) is 6.29 Å². The molecule has 0 saturated heterocycles. The topological polar surface area (TPSA) is 17.1 Å². The Morgan fingerprint density at radius 1 is 1.86 bits per heavy atom. The fourth-order valence-corrected chi connectivity index (χ4v) is 0.684. The Morgan fingerprint density at radius 2 is 2.43 bits per heavy atom. The Kier molecular flexibility index (Phi) is 4.39. The third-order valence-electron chi connectivity index (χ3n) is 0.512. The zero-order valence-corrected chi connectivity index (χ0v) is 6.31. The van der Waals surface area contributed by atoms with E-state index in [1.807, 2.05) is 35.6 Å². The lowest BCUT2D eigenvalue weighted by Gasteiger charge is -1.77. The Balaban J connectivity index is 3.49. The Labute approximate surface area is 56.9 Å². The van der Waals surface area contributed by atoms with Crippen molar-refractivity contribution in [3.05, 3.63) is 9.66 Å². The van der Waals surface area contributed by atoms with E-state index in [1.54, 1.807) is 0 Å².